The van der Waals surface area contributed by atoms with E-state index in [0.29, 0.717) is 0 Å². The molecule has 3 rings (SSSR count). The van der Waals surface area contributed by atoms with Gasteiger partial charge in [0.1, 0.15) is 25.0 Å². The minimum atomic E-state index is -1.23. The van der Waals surface area contributed by atoms with Gasteiger partial charge in [0.05, 0.1) is 4.92 Å². The fourth-order valence-electron chi connectivity index (χ4n) is 3.05. The lowest BCUT2D eigenvalue weighted by atomic mass is 10.1. The lowest BCUT2D eigenvalue weighted by molar-refractivity contribution is -0.384. The first-order valence-electron chi connectivity index (χ1n) is 11.0. The van der Waals surface area contributed by atoms with Crippen molar-refractivity contribution in [2.45, 2.75) is 32.1 Å². The molecule has 1 N–H and O–H groups in total. The van der Waals surface area contributed by atoms with Gasteiger partial charge in [-0.2, -0.15) is 0 Å². The maximum absolute atomic E-state index is 12.8. The second-order valence-corrected chi connectivity index (χ2v) is 7.62. The Labute approximate surface area is 206 Å². The van der Waals surface area contributed by atoms with Crippen LogP contribution in [-0.4, -0.2) is 29.0 Å². The second kappa shape index (κ2) is 13.2. The topological polar surface area (TPSA) is 134 Å². The maximum atomic E-state index is 12.8. The predicted molar refractivity (Wildman–Crippen MR) is 128 cm³/mol. The quantitative estimate of drug-likeness (QED) is 0.181. The first-order chi connectivity index (χ1) is 17.4. The number of alkyl carbamates (subject to hydrolysis) is 1. The Morgan fingerprint density at radius 1 is 0.806 bits per heavy atom. The van der Waals surface area contributed by atoms with Gasteiger partial charge < -0.3 is 19.5 Å². The van der Waals surface area contributed by atoms with E-state index in [0.717, 1.165) is 11.1 Å². The third-order valence-corrected chi connectivity index (χ3v) is 4.94. The zero-order chi connectivity index (χ0) is 25.8. The SMILES string of the molecule is O=C(CC[C@@H](NC(=O)OCc1ccccc1)C(=O)Oc1ccc([N+](=O)[O-])cc1)OCc1ccccc1. The van der Waals surface area contributed by atoms with E-state index in [1.54, 1.807) is 24.3 Å². The molecule has 186 valence electrons. The largest absolute Gasteiger partial charge is 0.461 e. The van der Waals surface area contributed by atoms with Crippen molar-refractivity contribution in [1.29, 1.82) is 0 Å². The standard InChI is InChI=1S/C26H24N2O8/c29-24(34-17-19-7-3-1-4-8-19)16-15-23(27-26(31)35-18-20-9-5-2-6-10-20)25(30)36-22-13-11-21(12-14-22)28(32)33/h1-14,23H,15-18H2,(H,27,31)/t23-/m1/s1. The maximum Gasteiger partial charge on any atom is 0.408 e. The van der Waals surface area contributed by atoms with Crippen molar-refractivity contribution in [1.82, 2.24) is 5.32 Å². The Bertz CT molecular complexity index is 1170. The number of nitro groups is 1. The zero-order valence-corrected chi connectivity index (χ0v) is 19.2. The molecule has 0 spiro atoms. The summed E-state index contributed by atoms with van der Waals surface area (Å²) in [6.45, 7) is 0.0556. The normalized spacial score (nSPS) is 11.1. The van der Waals surface area contributed by atoms with Gasteiger partial charge in [-0.25, -0.2) is 9.59 Å². The molecule has 3 aromatic carbocycles. The smallest absolute Gasteiger partial charge is 0.408 e. The van der Waals surface area contributed by atoms with E-state index in [-0.39, 0.29) is 37.5 Å². The van der Waals surface area contributed by atoms with E-state index < -0.39 is 29.0 Å². The minimum absolute atomic E-state index is 0.0179. The Kier molecular flexibility index (Phi) is 9.51. The molecule has 0 fully saturated rings. The number of carbonyl (C=O) groups is 3. The molecule has 0 radical (unpaired) electrons. The van der Waals surface area contributed by atoms with Gasteiger partial charge in [-0.1, -0.05) is 60.7 Å². The summed E-state index contributed by atoms with van der Waals surface area (Å²) in [6.07, 6.45) is -1.16. The van der Waals surface area contributed by atoms with Crippen LogP contribution in [0.4, 0.5) is 10.5 Å². The van der Waals surface area contributed by atoms with Crippen LogP contribution in [-0.2, 0) is 32.3 Å². The third kappa shape index (κ3) is 8.56. The Hall–Kier alpha value is -4.73. The van der Waals surface area contributed by atoms with E-state index in [4.69, 9.17) is 14.2 Å². The van der Waals surface area contributed by atoms with Crippen molar-refractivity contribution in [3.8, 4) is 5.75 Å². The van der Waals surface area contributed by atoms with Crippen molar-refractivity contribution < 1.29 is 33.5 Å². The highest BCUT2D eigenvalue weighted by atomic mass is 16.6. The van der Waals surface area contributed by atoms with E-state index >= 15 is 0 Å². The van der Waals surface area contributed by atoms with Crippen LogP contribution in [0.25, 0.3) is 0 Å². The second-order valence-electron chi connectivity index (χ2n) is 7.62. The molecule has 36 heavy (non-hydrogen) atoms. The molecule has 0 aliphatic rings. The third-order valence-electron chi connectivity index (χ3n) is 4.94. The first-order valence-corrected chi connectivity index (χ1v) is 11.0. The van der Waals surface area contributed by atoms with Crippen LogP contribution in [0.3, 0.4) is 0 Å². The number of nitro benzene ring substituents is 1. The van der Waals surface area contributed by atoms with E-state index in [2.05, 4.69) is 5.32 Å². The van der Waals surface area contributed by atoms with Crippen molar-refractivity contribution in [2.75, 3.05) is 0 Å². The highest BCUT2D eigenvalue weighted by molar-refractivity contribution is 5.83. The van der Waals surface area contributed by atoms with Gasteiger partial charge in [-0.15, -0.1) is 0 Å². The van der Waals surface area contributed by atoms with E-state index in [9.17, 15) is 24.5 Å². The first kappa shape index (κ1) is 25.9. The van der Waals surface area contributed by atoms with Crippen LogP contribution in [0.5, 0.6) is 5.75 Å². The van der Waals surface area contributed by atoms with Gasteiger partial charge in [0.15, 0.2) is 0 Å². The molecule has 0 heterocycles. The van der Waals surface area contributed by atoms with Crippen LogP contribution in [0.15, 0.2) is 84.9 Å². The molecule has 0 aliphatic heterocycles. The number of hydrogen-bond donors (Lipinski definition) is 1. The number of rotatable bonds is 11. The molecular formula is C26H24N2O8. The summed E-state index contributed by atoms with van der Waals surface area (Å²) in [6, 6.07) is 21.7. The minimum Gasteiger partial charge on any atom is -0.461 e. The number of non-ortho nitro benzene ring substituents is 1. The van der Waals surface area contributed by atoms with Crippen LogP contribution < -0.4 is 10.1 Å². The fraction of sp³-hybridized carbons (Fsp3) is 0.192. The molecule has 0 saturated heterocycles. The molecule has 0 unspecified atom stereocenters. The van der Waals surface area contributed by atoms with Gasteiger partial charge in [-0.3, -0.25) is 14.9 Å². The molecular weight excluding hydrogens is 468 g/mol. The Morgan fingerprint density at radius 3 is 1.92 bits per heavy atom. The van der Waals surface area contributed by atoms with Crippen molar-refractivity contribution in [3.63, 3.8) is 0 Å². The number of ether oxygens (including phenoxy) is 3. The average molecular weight is 492 g/mol. The summed E-state index contributed by atoms with van der Waals surface area (Å²) in [5.41, 5.74) is 1.39. The molecule has 0 bridgehead atoms. The van der Waals surface area contributed by atoms with E-state index in [1.165, 1.54) is 24.3 Å². The Balaban J connectivity index is 1.59. The van der Waals surface area contributed by atoms with Gasteiger partial charge in [0.25, 0.3) is 5.69 Å². The van der Waals surface area contributed by atoms with Crippen molar-refractivity contribution in [3.05, 3.63) is 106 Å². The van der Waals surface area contributed by atoms with Crippen molar-refractivity contribution >= 4 is 23.7 Å². The lowest BCUT2D eigenvalue weighted by Crippen LogP contribution is -2.43. The highest BCUT2D eigenvalue weighted by Crippen LogP contribution is 2.18. The molecule has 10 heteroatoms. The van der Waals surface area contributed by atoms with Gasteiger partial charge in [-0.05, 0) is 29.7 Å². The van der Waals surface area contributed by atoms with E-state index in [1.807, 2.05) is 36.4 Å². The number of amides is 1. The van der Waals surface area contributed by atoms with Crippen LogP contribution in [0.1, 0.15) is 24.0 Å². The van der Waals surface area contributed by atoms with Crippen molar-refractivity contribution in [2.24, 2.45) is 0 Å². The molecule has 0 aliphatic carbocycles. The molecule has 1 amide bonds. The monoisotopic (exact) mass is 492 g/mol. The zero-order valence-electron chi connectivity index (χ0n) is 19.2. The van der Waals surface area contributed by atoms with Gasteiger partial charge in [0, 0.05) is 18.6 Å². The average Bonchev–Trinajstić information content (AvgIpc) is 2.90. The molecule has 0 saturated carbocycles. The number of nitrogens with one attached hydrogen (secondary N) is 1. The summed E-state index contributed by atoms with van der Waals surface area (Å²) in [4.78, 5) is 47.5. The van der Waals surface area contributed by atoms with Gasteiger partial charge in [0.2, 0.25) is 0 Å². The van der Waals surface area contributed by atoms with Crippen LogP contribution in [0, 0.1) is 10.1 Å². The number of carbonyl (C=O) groups excluding carboxylic acids is 3. The summed E-state index contributed by atoms with van der Waals surface area (Å²) >= 11 is 0. The summed E-state index contributed by atoms with van der Waals surface area (Å²) in [5.74, 6) is -1.38. The lowest BCUT2D eigenvalue weighted by Gasteiger charge is -2.17. The summed E-state index contributed by atoms with van der Waals surface area (Å²) < 4.78 is 15.6. The number of benzene rings is 3. The molecule has 1 atom stereocenters. The Morgan fingerprint density at radius 2 is 1.36 bits per heavy atom. The predicted octanol–water partition coefficient (Wildman–Crippen LogP) is 4.32. The fourth-order valence-corrected chi connectivity index (χ4v) is 3.05. The van der Waals surface area contributed by atoms with Crippen LogP contribution in [0.2, 0.25) is 0 Å². The summed E-state index contributed by atoms with van der Waals surface area (Å²) in [5, 5.41) is 13.2. The number of hydrogen-bond acceptors (Lipinski definition) is 8. The van der Waals surface area contributed by atoms with Crippen LogP contribution >= 0.6 is 0 Å². The molecule has 3 aromatic rings. The molecule has 10 nitrogen and oxygen atoms in total. The van der Waals surface area contributed by atoms with Gasteiger partial charge >= 0.3 is 18.0 Å². The molecule has 0 aromatic heterocycles. The highest BCUT2D eigenvalue weighted by Gasteiger charge is 2.25. The number of nitrogens with zero attached hydrogens (tertiary/aromatic N) is 1. The number of esters is 2. The summed E-state index contributed by atoms with van der Waals surface area (Å²) in [7, 11) is 0.